The molecular formula is C40H40N2O6. The maximum Gasteiger partial charge on any atom is 0.319 e. The van der Waals surface area contributed by atoms with Crippen molar-refractivity contribution >= 4 is 34.1 Å². The highest BCUT2D eigenvalue weighted by Crippen LogP contribution is 2.67. The maximum absolute atomic E-state index is 14.6. The van der Waals surface area contributed by atoms with Crippen molar-refractivity contribution in [1.29, 1.82) is 0 Å². The van der Waals surface area contributed by atoms with Crippen molar-refractivity contribution in [2.24, 2.45) is 22.1 Å². The van der Waals surface area contributed by atoms with E-state index in [1.807, 2.05) is 77.9 Å². The highest BCUT2D eigenvalue weighted by atomic mass is 16.7. The first-order valence-corrected chi connectivity index (χ1v) is 16.6. The summed E-state index contributed by atoms with van der Waals surface area (Å²) < 4.78 is 11.7. The van der Waals surface area contributed by atoms with Gasteiger partial charge in [-0.3, -0.25) is 9.59 Å². The molecule has 8 heteroatoms. The van der Waals surface area contributed by atoms with Crippen molar-refractivity contribution in [3.63, 3.8) is 0 Å². The van der Waals surface area contributed by atoms with Crippen LogP contribution < -0.4 is 0 Å². The van der Waals surface area contributed by atoms with Gasteiger partial charge in [0.1, 0.15) is 11.4 Å². The molecule has 3 aliphatic rings. The summed E-state index contributed by atoms with van der Waals surface area (Å²) in [6.07, 6.45) is 0. The molecule has 2 heterocycles. The van der Waals surface area contributed by atoms with Crippen LogP contribution in [-0.2, 0) is 39.9 Å². The van der Waals surface area contributed by atoms with Gasteiger partial charge in [0.05, 0.1) is 13.2 Å². The summed E-state index contributed by atoms with van der Waals surface area (Å²) in [5, 5.41) is 11.3. The summed E-state index contributed by atoms with van der Waals surface area (Å²) in [6.45, 7) is 15.9. The summed E-state index contributed by atoms with van der Waals surface area (Å²) in [5.74, 6) is -3.30. The fourth-order valence-electron chi connectivity index (χ4n) is 8.73. The van der Waals surface area contributed by atoms with Gasteiger partial charge in [-0.25, -0.2) is 0 Å². The van der Waals surface area contributed by atoms with Crippen LogP contribution in [0.25, 0.3) is 10.8 Å². The summed E-state index contributed by atoms with van der Waals surface area (Å²) in [6, 6.07) is 20.0. The number of hydrogen-bond acceptors (Lipinski definition) is 8. The number of ether oxygens (including phenoxy) is 2. The molecule has 0 saturated carbocycles. The van der Waals surface area contributed by atoms with Gasteiger partial charge in [0, 0.05) is 22.3 Å². The Morgan fingerprint density at radius 3 is 1.38 bits per heavy atom. The van der Waals surface area contributed by atoms with E-state index in [4.69, 9.17) is 29.5 Å². The number of carbonyl (C=O) groups excluding carboxylic acids is 2. The van der Waals surface area contributed by atoms with Gasteiger partial charge in [-0.05, 0) is 88.4 Å². The second-order valence-electron chi connectivity index (χ2n) is 13.2. The molecule has 0 N–H and O–H groups in total. The van der Waals surface area contributed by atoms with Gasteiger partial charge in [-0.15, -0.1) is 0 Å². The third-order valence-corrected chi connectivity index (χ3v) is 10.1. The van der Waals surface area contributed by atoms with Crippen molar-refractivity contribution < 1.29 is 28.7 Å². The first-order valence-electron chi connectivity index (χ1n) is 16.6. The zero-order valence-electron chi connectivity index (χ0n) is 28.7. The van der Waals surface area contributed by atoms with Gasteiger partial charge in [0.2, 0.25) is 11.2 Å². The van der Waals surface area contributed by atoms with Gasteiger partial charge in [-0.1, -0.05) is 82.1 Å². The van der Waals surface area contributed by atoms with Crippen molar-refractivity contribution in [2.45, 2.75) is 66.6 Å². The molecule has 2 spiro atoms. The highest BCUT2D eigenvalue weighted by molar-refractivity contribution is 6.19. The number of benzene rings is 4. The summed E-state index contributed by atoms with van der Waals surface area (Å²) in [5.41, 5.74) is 6.40. The van der Waals surface area contributed by atoms with Gasteiger partial charge in [0.25, 0.3) is 0 Å². The molecule has 4 aromatic carbocycles. The van der Waals surface area contributed by atoms with Crippen LogP contribution in [0.1, 0.15) is 69.5 Å². The molecule has 4 atom stereocenters. The molecule has 4 aromatic rings. The van der Waals surface area contributed by atoms with Gasteiger partial charge in [0.15, 0.2) is 11.8 Å². The van der Waals surface area contributed by atoms with Crippen LogP contribution in [-0.4, -0.2) is 36.6 Å². The lowest BCUT2D eigenvalue weighted by atomic mass is 9.62. The number of oxime groups is 2. The zero-order valence-corrected chi connectivity index (χ0v) is 28.7. The van der Waals surface area contributed by atoms with E-state index in [9.17, 15) is 9.59 Å². The lowest BCUT2D eigenvalue weighted by Crippen LogP contribution is -2.60. The lowest BCUT2D eigenvalue weighted by Gasteiger charge is -2.43. The zero-order chi connectivity index (χ0) is 34.1. The highest BCUT2D eigenvalue weighted by Gasteiger charge is 2.79. The quantitative estimate of drug-likeness (QED) is 0.204. The second-order valence-corrected chi connectivity index (χ2v) is 13.2. The molecule has 2 aliphatic heterocycles. The van der Waals surface area contributed by atoms with Crippen molar-refractivity contribution in [3.05, 3.63) is 116 Å². The first kappa shape index (κ1) is 31.6. The van der Waals surface area contributed by atoms with E-state index in [0.29, 0.717) is 22.6 Å². The van der Waals surface area contributed by atoms with Crippen LogP contribution in [0.4, 0.5) is 0 Å². The van der Waals surface area contributed by atoms with Gasteiger partial charge < -0.3 is 19.1 Å². The SMILES string of the molecule is CCOC(=O)C1C(c2c(C)cc(C)cc2C)=NOC12c1cccc3cccc(c13)C21ON=C(c2c(C)cc(C)cc2C)C1C(=O)OCC. The molecule has 0 radical (unpaired) electrons. The molecule has 0 aromatic heterocycles. The average Bonchev–Trinajstić information content (AvgIpc) is 3.67. The molecular weight excluding hydrogens is 604 g/mol. The van der Waals surface area contributed by atoms with E-state index in [-0.39, 0.29) is 13.2 Å². The molecule has 0 bridgehead atoms. The van der Waals surface area contributed by atoms with Gasteiger partial charge >= 0.3 is 11.9 Å². The van der Waals surface area contributed by atoms with E-state index < -0.39 is 35.0 Å². The molecule has 0 amide bonds. The van der Waals surface area contributed by atoms with Crippen molar-refractivity contribution in [2.75, 3.05) is 13.2 Å². The Kier molecular flexibility index (Phi) is 7.46. The Morgan fingerprint density at radius 1 is 0.646 bits per heavy atom. The number of aryl methyl sites for hydroxylation is 6. The lowest BCUT2D eigenvalue weighted by molar-refractivity contribution is -0.233. The molecule has 7 rings (SSSR count). The standard InChI is InChI=1S/C40H40N2O6/c1-9-45-37(43)33-35(30-23(5)17-21(3)18-24(30)6)41-47-39(33)28-15-11-13-27-14-12-16-29(32(27)28)40(39)34(38(44)46-10-2)36(42-48-40)31-25(7)19-22(4)20-26(31)8/h11-20,33-34H,9-10H2,1-8H3. The molecule has 1 aliphatic carbocycles. The van der Waals surface area contributed by atoms with E-state index in [2.05, 4.69) is 24.3 Å². The van der Waals surface area contributed by atoms with E-state index in [1.165, 1.54) is 0 Å². The van der Waals surface area contributed by atoms with Crippen LogP contribution >= 0.6 is 0 Å². The Bertz CT molecular complexity index is 1910. The monoisotopic (exact) mass is 644 g/mol. The summed E-state index contributed by atoms with van der Waals surface area (Å²) in [7, 11) is 0. The topological polar surface area (TPSA) is 95.8 Å². The van der Waals surface area contributed by atoms with Crippen molar-refractivity contribution in [1.82, 2.24) is 0 Å². The Hall–Kier alpha value is -4.98. The number of nitrogens with zero attached hydrogens (tertiary/aromatic N) is 2. The molecule has 0 fully saturated rings. The smallest absolute Gasteiger partial charge is 0.319 e. The number of rotatable bonds is 6. The minimum atomic E-state index is -1.68. The maximum atomic E-state index is 14.6. The minimum absolute atomic E-state index is 0.139. The first-order chi connectivity index (χ1) is 23.0. The summed E-state index contributed by atoms with van der Waals surface area (Å²) in [4.78, 5) is 42.8. The normalized spacial score (nSPS) is 23.7. The average molecular weight is 645 g/mol. The van der Waals surface area contributed by atoms with Crippen LogP contribution in [0, 0.1) is 53.4 Å². The van der Waals surface area contributed by atoms with E-state index in [0.717, 1.165) is 55.3 Å². The molecule has 8 nitrogen and oxygen atoms in total. The molecule has 246 valence electrons. The second kappa shape index (κ2) is 11.3. The van der Waals surface area contributed by atoms with Crippen LogP contribution in [0.2, 0.25) is 0 Å². The number of carbonyl (C=O) groups is 2. The molecule has 48 heavy (non-hydrogen) atoms. The third kappa shape index (κ3) is 4.14. The molecule has 0 saturated heterocycles. The number of fused-ring (bicyclic) bond motifs is 3. The predicted molar refractivity (Wildman–Crippen MR) is 184 cm³/mol. The van der Waals surface area contributed by atoms with E-state index in [1.54, 1.807) is 13.8 Å². The van der Waals surface area contributed by atoms with E-state index >= 15 is 0 Å². The fraction of sp³-hybridized carbons (Fsp3) is 0.350. The summed E-state index contributed by atoms with van der Waals surface area (Å²) >= 11 is 0. The number of esters is 2. The third-order valence-electron chi connectivity index (χ3n) is 10.1. The number of hydrogen-bond donors (Lipinski definition) is 0. The largest absolute Gasteiger partial charge is 0.465 e. The minimum Gasteiger partial charge on any atom is -0.465 e. The van der Waals surface area contributed by atoms with Crippen LogP contribution in [0.15, 0.2) is 71.0 Å². The van der Waals surface area contributed by atoms with Crippen LogP contribution in [0.3, 0.4) is 0 Å². The predicted octanol–water partition coefficient (Wildman–Crippen LogP) is 7.32. The Labute approximate surface area is 280 Å². The molecule has 4 unspecified atom stereocenters. The Balaban J connectivity index is 1.57. The van der Waals surface area contributed by atoms with Crippen LogP contribution in [0.5, 0.6) is 0 Å². The Morgan fingerprint density at radius 2 is 1.02 bits per heavy atom. The van der Waals surface area contributed by atoms with Gasteiger partial charge in [-0.2, -0.15) is 0 Å². The van der Waals surface area contributed by atoms with Crippen molar-refractivity contribution in [3.8, 4) is 0 Å². The fourth-order valence-corrected chi connectivity index (χ4v) is 8.73.